The molecule has 41 valence electrons. The molecule has 0 aliphatic carbocycles. The number of hydrogen-bond donors (Lipinski definition) is 0. The van der Waals surface area contributed by atoms with Crippen LogP contribution in [-0.4, -0.2) is 6.61 Å². The first-order valence-electron chi connectivity index (χ1n) is 2.45. The van der Waals surface area contributed by atoms with E-state index in [9.17, 15) is 0 Å². The lowest BCUT2D eigenvalue weighted by atomic mass is 10.5. The Morgan fingerprint density at radius 3 is 2.43 bits per heavy atom. The molecule has 0 aromatic rings. The fourth-order valence-electron chi connectivity index (χ4n) is 0.289. The molecule has 0 N–H and O–H groups in total. The Balaban J connectivity index is 3.17. The van der Waals surface area contributed by atoms with Crippen LogP contribution in [-0.2, 0) is 4.74 Å². The van der Waals surface area contributed by atoms with Crippen molar-refractivity contribution in [2.45, 2.75) is 20.8 Å². The van der Waals surface area contributed by atoms with Crippen LogP contribution in [0.3, 0.4) is 0 Å². The molecule has 0 amide bonds. The van der Waals surface area contributed by atoms with Crippen molar-refractivity contribution in [3.63, 3.8) is 0 Å². The first-order chi connectivity index (χ1) is 3.31. The Morgan fingerprint density at radius 2 is 2.29 bits per heavy atom. The third kappa shape index (κ3) is 3.37. The third-order valence-corrected chi connectivity index (χ3v) is 0.713. The molecule has 0 bridgehead atoms. The highest BCUT2D eigenvalue weighted by molar-refractivity contribution is 4.76. The number of ether oxygens (including phenoxy) is 1. The molecule has 0 unspecified atom stereocenters. The van der Waals surface area contributed by atoms with Crippen molar-refractivity contribution in [1.82, 2.24) is 0 Å². The summed E-state index contributed by atoms with van der Waals surface area (Å²) in [6.07, 6.45) is 2.86. The highest BCUT2D eigenvalue weighted by Gasteiger charge is 1.78. The monoisotopic (exact) mass is 99.1 g/mol. The van der Waals surface area contributed by atoms with Crippen molar-refractivity contribution in [2.24, 2.45) is 0 Å². The van der Waals surface area contributed by atoms with E-state index in [1.807, 2.05) is 20.8 Å². The lowest BCUT2D eigenvalue weighted by molar-refractivity contribution is 0.229. The minimum absolute atomic E-state index is 0.743. The van der Waals surface area contributed by atoms with Crippen molar-refractivity contribution in [1.29, 1.82) is 0 Å². The van der Waals surface area contributed by atoms with Gasteiger partial charge in [-0.2, -0.15) is 0 Å². The van der Waals surface area contributed by atoms with E-state index in [-0.39, 0.29) is 0 Å². The fourth-order valence-corrected chi connectivity index (χ4v) is 0.289. The zero-order chi connectivity index (χ0) is 5.70. The molecule has 0 fully saturated rings. The molecule has 0 saturated carbocycles. The summed E-state index contributed by atoms with van der Waals surface area (Å²) in [5, 5.41) is 0. The van der Waals surface area contributed by atoms with Crippen LogP contribution in [0.1, 0.15) is 20.8 Å². The normalized spacial score (nSPS) is 11.6. The highest BCUT2D eigenvalue weighted by atomic mass is 16.5. The summed E-state index contributed by atoms with van der Waals surface area (Å²) < 4.78 is 5.00. The first kappa shape index (κ1) is 6.54. The Morgan fingerprint density at radius 1 is 1.71 bits per heavy atom. The van der Waals surface area contributed by atoms with Gasteiger partial charge in [-0.25, -0.2) is 0 Å². The van der Waals surface area contributed by atoms with Gasteiger partial charge < -0.3 is 4.74 Å². The van der Waals surface area contributed by atoms with Crippen molar-refractivity contribution in [3.05, 3.63) is 11.8 Å². The van der Waals surface area contributed by atoms with Crippen LogP contribution in [0.5, 0.6) is 0 Å². The molecule has 1 radical (unpaired) electrons. The molecule has 0 rings (SSSR count). The van der Waals surface area contributed by atoms with E-state index >= 15 is 0 Å². The van der Waals surface area contributed by atoms with Gasteiger partial charge in [0.2, 0.25) is 0 Å². The maximum absolute atomic E-state index is 5.00. The van der Waals surface area contributed by atoms with Gasteiger partial charge in [0.15, 0.2) is 0 Å². The van der Waals surface area contributed by atoms with E-state index in [1.165, 1.54) is 0 Å². The molecule has 0 heterocycles. The van der Waals surface area contributed by atoms with Gasteiger partial charge in [0.25, 0.3) is 0 Å². The lowest BCUT2D eigenvalue weighted by Crippen LogP contribution is -1.84. The maximum atomic E-state index is 5.00. The van der Waals surface area contributed by atoms with Crippen LogP contribution in [0.25, 0.3) is 0 Å². The zero-order valence-electron chi connectivity index (χ0n) is 5.12. The standard InChI is InChI=1S/C6H11O/c1-4-6(3)7-5-2/h5H2,1-3H3. The van der Waals surface area contributed by atoms with Gasteiger partial charge in [-0.05, 0) is 26.8 Å². The molecule has 0 aromatic heterocycles. The van der Waals surface area contributed by atoms with E-state index in [0.29, 0.717) is 0 Å². The molecular formula is C6H11O. The quantitative estimate of drug-likeness (QED) is 0.479. The maximum Gasteiger partial charge on any atom is 0.0961 e. The second kappa shape index (κ2) is 3.72. The van der Waals surface area contributed by atoms with E-state index in [4.69, 9.17) is 4.74 Å². The summed E-state index contributed by atoms with van der Waals surface area (Å²) in [6, 6.07) is 0. The number of allylic oxidation sites excluding steroid dienone is 2. The second-order valence-corrected chi connectivity index (χ2v) is 1.24. The molecule has 0 spiro atoms. The molecular weight excluding hydrogens is 88.1 g/mol. The highest BCUT2D eigenvalue weighted by Crippen LogP contribution is 1.90. The van der Waals surface area contributed by atoms with Crippen molar-refractivity contribution in [2.75, 3.05) is 6.61 Å². The van der Waals surface area contributed by atoms with Gasteiger partial charge in [0, 0.05) is 0 Å². The Bertz CT molecular complexity index is 64.6. The summed E-state index contributed by atoms with van der Waals surface area (Å²) in [5.74, 6) is 0.877. The van der Waals surface area contributed by atoms with Crippen molar-refractivity contribution >= 4 is 0 Å². The zero-order valence-corrected chi connectivity index (χ0v) is 5.12. The van der Waals surface area contributed by atoms with Crippen LogP contribution in [0.2, 0.25) is 0 Å². The van der Waals surface area contributed by atoms with Crippen molar-refractivity contribution in [3.8, 4) is 0 Å². The third-order valence-electron chi connectivity index (χ3n) is 0.713. The van der Waals surface area contributed by atoms with Crippen LogP contribution >= 0.6 is 0 Å². The van der Waals surface area contributed by atoms with E-state index in [1.54, 1.807) is 0 Å². The molecule has 7 heavy (non-hydrogen) atoms. The van der Waals surface area contributed by atoms with Crippen molar-refractivity contribution < 1.29 is 4.74 Å². The summed E-state index contributed by atoms with van der Waals surface area (Å²) >= 11 is 0. The van der Waals surface area contributed by atoms with E-state index in [0.717, 1.165) is 12.4 Å². The minimum Gasteiger partial charge on any atom is -0.498 e. The van der Waals surface area contributed by atoms with Gasteiger partial charge in [-0.1, -0.05) is 0 Å². The topological polar surface area (TPSA) is 9.23 Å². The van der Waals surface area contributed by atoms with Gasteiger partial charge in [0.1, 0.15) is 0 Å². The van der Waals surface area contributed by atoms with Gasteiger partial charge in [0.05, 0.1) is 12.4 Å². The fraction of sp³-hybridized carbons (Fsp3) is 0.667. The van der Waals surface area contributed by atoms with Gasteiger partial charge in [-0.15, -0.1) is 0 Å². The molecule has 0 atom stereocenters. The van der Waals surface area contributed by atoms with E-state index < -0.39 is 0 Å². The van der Waals surface area contributed by atoms with E-state index in [2.05, 4.69) is 6.08 Å². The SMILES string of the molecule is C[C]=C(C)OCC. The van der Waals surface area contributed by atoms with Crippen LogP contribution in [0, 0.1) is 6.08 Å². The van der Waals surface area contributed by atoms with Gasteiger partial charge >= 0.3 is 0 Å². The molecule has 0 saturated heterocycles. The molecule has 1 nitrogen and oxygen atoms in total. The first-order valence-corrected chi connectivity index (χ1v) is 2.45. The number of rotatable bonds is 2. The Labute approximate surface area is 45.0 Å². The average molecular weight is 99.2 g/mol. The largest absolute Gasteiger partial charge is 0.498 e. The minimum atomic E-state index is 0.743. The van der Waals surface area contributed by atoms with Crippen LogP contribution < -0.4 is 0 Å². The molecule has 0 aliphatic heterocycles. The summed E-state index contributed by atoms with van der Waals surface area (Å²) in [4.78, 5) is 0. The smallest absolute Gasteiger partial charge is 0.0961 e. The van der Waals surface area contributed by atoms with Crippen LogP contribution in [0.4, 0.5) is 0 Å². The lowest BCUT2D eigenvalue weighted by Gasteiger charge is -1.97. The van der Waals surface area contributed by atoms with Crippen LogP contribution in [0.15, 0.2) is 5.76 Å². The molecule has 0 aromatic carbocycles. The van der Waals surface area contributed by atoms with Gasteiger partial charge in [-0.3, -0.25) is 0 Å². The average Bonchev–Trinajstić information content (AvgIpc) is 1.68. The molecule has 0 aliphatic rings. The summed E-state index contributed by atoms with van der Waals surface area (Å²) in [5.41, 5.74) is 0. The Kier molecular flexibility index (Phi) is 3.48. The predicted molar refractivity (Wildman–Crippen MR) is 29.7 cm³/mol. The summed E-state index contributed by atoms with van der Waals surface area (Å²) in [7, 11) is 0. The Hall–Kier alpha value is -0.460. The predicted octanol–water partition coefficient (Wildman–Crippen LogP) is 1.75. The number of hydrogen-bond acceptors (Lipinski definition) is 1. The molecule has 1 heteroatoms. The summed E-state index contributed by atoms with van der Waals surface area (Å²) in [6.45, 7) is 6.43. The second-order valence-electron chi connectivity index (χ2n) is 1.24.